The van der Waals surface area contributed by atoms with Gasteiger partial charge in [-0.15, -0.1) is 0 Å². The van der Waals surface area contributed by atoms with Crippen LogP contribution >= 0.6 is 23.2 Å². The average Bonchev–Trinajstić information content (AvgIpc) is 3.34. The van der Waals surface area contributed by atoms with Crippen LogP contribution in [0.5, 0.6) is 0 Å². The van der Waals surface area contributed by atoms with Gasteiger partial charge in [-0.2, -0.15) is 0 Å². The van der Waals surface area contributed by atoms with E-state index in [1.165, 1.54) is 0 Å². The Labute approximate surface area is 150 Å². The molecule has 7 heteroatoms. The Kier molecular flexibility index (Phi) is 4.14. The van der Waals surface area contributed by atoms with E-state index in [0.717, 1.165) is 24.3 Å². The molecule has 1 saturated heterocycles. The standard InChI is InChI=1S/C17H17Cl2N3O2/c18-12-2-1-3-14(16(12)19)21-6-8-22(9-7-21)17(23)13-10-15(24-20-13)11-4-5-11/h1-3,10-11H,4-9H2. The van der Waals surface area contributed by atoms with E-state index < -0.39 is 0 Å². The fraction of sp³-hybridized carbons (Fsp3) is 0.412. The molecule has 126 valence electrons. The molecule has 2 fully saturated rings. The lowest BCUT2D eigenvalue weighted by Gasteiger charge is -2.36. The first-order chi connectivity index (χ1) is 11.6. The van der Waals surface area contributed by atoms with Crippen LogP contribution in [-0.4, -0.2) is 42.1 Å². The zero-order valence-corrected chi connectivity index (χ0v) is 14.6. The van der Waals surface area contributed by atoms with Crippen molar-refractivity contribution in [3.05, 3.63) is 45.8 Å². The third-order valence-corrected chi connectivity index (χ3v) is 5.37. The second-order valence-electron chi connectivity index (χ2n) is 6.24. The molecule has 2 aromatic rings. The Morgan fingerprint density at radius 3 is 2.62 bits per heavy atom. The lowest BCUT2D eigenvalue weighted by atomic mass is 10.2. The second-order valence-corrected chi connectivity index (χ2v) is 7.03. The molecule has 0 radical (unpaired) electrons. The number of anilines is 1. The van der Waals surface area contributed by atoms with Crippen molar-refractivity contribution in [1.29, 1.82) is 0 Å². The van der Waals surface area contributed by atoms with Crippen LogP contribution in [0, 0.1) is 0 Å². The lowest BCUT2D eigenvalue weighted by molar-refractivity contribution is 0.0736. The van der Waals surface area contributed by atoms with Gasteiger partial charge in [0.2, 0.25) is 0 Å². The summed E-state index contributed by atoms with van der Waals surface area (Å²) >= 11 is 12.4. The van der Waals surface area contributed by atoms with Gasteiger partial charge in [0, 0.05) is 38.2 Å². The van der Waals surface area contributed by atoms with Crippen molar-refractivity contribution in [1.82, 2.24) is 10.1 Å². The van der Waals surface area contributed by atoms with Gasteiger partial charge in [0.15, 0.2) is 5.69 Å². The van der Waals surface area contributed by atoms with Gasteiger partial charge in [0.25, 0.3) is 5.91 Å². The zero-order chi connectivity index (χ0) is 16.7. The van der Waals surface area contributed by atoms with Crippen molar-refractivity contribution >= 4 is 34.8 Å². The van der Waals surface area contributed by atoms with E-state index in [0.29, 0.717) is 47.8 Å². The van der Waals surface area contributed by atoms with Gasteiger partial charge < -0.3 is 14.3 Å². The normalized spacial score (nSPS) is 18.1. The number of rotatable bonds is 3. The first kappa shape index (κ1) is 15.8. The molecule has 0 bridgehead atoms. The molecule has 2 heterocycles. The molecule has 0 spiro atoms. The largest absolute Gasteiger partial charge is 0.367 e. The summed E-state index contributed by atoms with van der Waals surface area (Å²) in [6.07, 6.45) is 2.25. The summed E-state index contributed by atoms with van der Waals surface area (Å²) in [5.74, 6) is 1.23. The number of aromatic nitrogens is 1. The first-order valence-electron chi connectivity index (χ1n) is 8.08. The van der Waals surface area contributed by atoms with Gasteiger partial charge in [-0.1, -0.05) is 34.4 Å². The van der Waals surface area contributed by atoms with Gasteiger partial charge in [-0.05, 0) is 25.0 Å². The van der Waals surface area contributed by atoms with Crippen LogP contribution in [0.4, 0.5) is 5.69 Å². The Morgan fingerprint density at radius 1 is 1.17 bits per heavy atom. The monoisotopic (exact) mass is 365 g/mol. The van der Waals surface area contributed by atoms with Crippen LogP contribution in [0.3, 0.4) is 0 Å². The van der Waals surface area contributed by atoms with Crippen LogP contribution in [0.2, 0.25) is 10.0 Å². The van der Waals surface area contributed by atoms with Gasteiger partial charge in [0.1, 0.15) is 5.76 Å². The van der Waals surface area contributed by atoms with Crippen molar-refractivity contribution in [2.24, 2.45) is 0 Å². The van der Waals surface area contributed by atoms with Crippen molar-refractivity contribution < 1.29 is 9.32 Å². The van der Waals surface area contributed by atoms with Crippen molar-refractivity contribution in [3.8, 4) is 0 Å². The number of hydrogen-bond donors (Lipinski definition) is 0. The molecule has 1 aliphatic heterocycles. The number of halogens is 2. The minimum Gasteiger partial charge on any atom is -0.367 e. The predicted octanol–water partition coefficient (Wildman–Crippen LogP) is 3.82. The Morgan fingerprint density at radius 2 is 1.92 bits per heavy atom. The maximum Gasteiger partial charge on any atom is 0.276 e. The highest BCUT2D eigenvalue weighted by molar-refractivity contribution is 6.43. The maximum atomic E-state index is 12.6. The third-order valence-electron chi connectivity index (χ3n) is 4.57. The molecule has 1 saturated carbocycles. The smallest absolute Gasteiger partial charge is 0.276 e. The SMILES string of the molecule is O=C(c1cc(C2CC2)on1)N1CCN(c2cccc(Cl)c2Cl)CC1. The van der Waals surface area contributed by atoms with E-state index in [2.05, 4.69) is 10.1 Å². The van der Waals surface area contributed by atoms with E-state index in [1.807, 2.05) is 17.0 Å². The summed E-state index contributed by atoms with van der Waals surface area (Å²) in [5.41, 5.74) is 1.32. The summed E-state index contributed by atoms with van der Waals surface area (Å²) in [4.78, 5) is 16.5. The quantitative estimate of drug-likeness (QED) is 0.829. The van der Waals surface area contributed by atoms with Crippen LogP contribution in [-0.2, 0) is 0 Å². The summed E-state index contributed by atoms with van der Waals surface area (Å²) in [6.45, 7) is 2.65. The molecule has 1 amide bonds. The van der Waals surface area contributed by atoms with E-state index >= 15 is 0 Å². The molecule has 0 unspecified atom stereocenters. The number of nitrogens with zero attached hydrogens (tertiary/aromatic N) is 3. The Hall–Kier alpha value is -1.72. The lowest BCUT2D eigenvalue weighted by Crippen LogP contribution is -2.49. The minimum atomic E-state index is -0.0671. The Bertz CT molecular complexity index is 765. The number of hydrogen-bond acceptors (Lipinski definition) is 4. The highest BCUT2D eigenvalue weighted by Gasteiger charge is 2.31. The van der Waals surface area contributed by atoms with Crippen molar-refractivity contribution in [3.63, 3.8) is 0 Å². The molecular weight excluding hydrogens is 349 g/mol. The molecule has 24 heavy (non-hydrogen) atoms. The molecule has 4 rings (SSSR count). The number of benzene rings is 1. The second kappa shape index (κ2) is 6.30. The summed E-state index contributed by atoms with van der Waals surface area (Å²) in [5, 5.41) is 5.04. The maximum absolute atomic E-state index is 12.6. The van der Waals surface area contributed by atoms with Gasteiger partial charge in [0.05, 0.1) is 15.7 Å². The summed E-state index contributed by atoms with van der Waals surface area (Å²) in [7, 11) is 0. The fourth-order valence-electron chi connectivity index (χ4n) is 3.00. The van der Waals surface area contributed by atoms with Crippen LogP contribution < -0.4 is 4.90 Å². The molecule has 5 nitrogen and oxygen atoms in total. The van der Waals surface area contributed by atoms with Crippen LogP contribution in [0.1, 0.15) is 35.0 Å². The molecule has 0 atom stereocenters. The van der Waals surface area contributed by atoms with Gasteiger partial charge in [-0.3, -0.25) is 4.79 Å². The van der Waals surface area contributed by atoms with Crippen molar-refractivity contribution in [2.45, 2.75) is 18.8 Å². The van der Waals surface area contributed by atoms with Crippen LogP contribution in [0.15, 0.2) is 28.8 Å². The zero-order valence-electron chi connectivity index (χ0n) is 13.0. The molecular formula is C17H17Cl2N3O2. The van der Waals surface area contributed by atoms with Gasteiger partial charge >= 0.3 is 0 Å². The van der Waals surface area contributed by atoms with Crippen molar-refractivity contribution in [2.75, 3.05) is 31.1 Å². The summed E-state index contributed by atoms with van der Waals surface area (Å²) < 4.78 is 5.28. The predicted molar refractivity (Wildman–Crippen MR) is 93.1 cm³/mol. The molecule has 1 aromatic heterocycles. The highest BCUT2D eigenvalue weighted by atomic mass is 35.5. The molecule has 1 aliphatic carbocycles. The topological polar surface area (TPSA) is 49.6 Å². The first-order valence-corrected chi connectivity index (χ1v) is 8.84. The fourth-order valence-corrected chi connectivity index (χ4v) is 3.41. The van der Waals surface area contributed by atoms with E-state index in [4.69, 9.17) is 27.7 Å². The third kappa shape index (κ3) is 2.98. The number of amides is 1. The average molecular weight is 366 g/mol. The van der Waals surface area contributed by atoms with E-state index in [-0.39, 0.29) is 5.91 Å². The number of piperazine rings is 1. The van der Waals surface area contributed by atoms with E-state index in [1.54, 1.807) is 12.1 Å². The minimum absolute atomic E-state index is 0.0671. The van der Waals surface area contributed by atoms with Crippen LogP contribution in [0.25, 0.3) is 0 Å². The summed E-state index contributed by atoms with van der Waals surface area (Å²) in [6, 6.07) is 7.40. The molecule has 1 aromatic carbocycles. The van der Waals surface area contributed by atoms with E-state index in [9.17, 15) is 4.79 Å². The number of carbonyl (C=O) groups excluding carboxylic acids is 1. The highest BCUT2D eigenvalue weighted by Crippen LogP contribution is 2.40. The molecule has 0 N–H and O–H groups in total. The molecule has 2 aliphatic rings. The number of carbonyl (C=O) groups is 1. The Balaban J connectivity index is 1.41. The van der Waals surface area contributed by atoms with Gasteiger partial charge in [-0.25, -0.2) is 0 Å².